The molecule has 0 fully saturated rings. The molecule has 0 saturated carbocycles. The van der Waals surface area contributed by atoms with Gasteiger partial charge in [-0.05, 0) is 35.2 Å². The van der Waals surface area contributed by atoms with Gasteiger partial charge in [-0.3, -0.25) is 0 Å². The van der Waals surface area contributed by atoms with Crippen molar-refractivity contribution in [2.75, 3.05) is 0 Å². The Kier molecular flexibility index (Phi) is 5.64. The Hall–Kier alpha value is -2.31. The van der Waals surface area contributed by atoms with Crippen LogP contribution in [0.25, 0.3) is 0 Å². The molecule has 0 bridgehead atoms. The zero-order valence-corrected chi connectivity index (χ0v) is 13.3. The summed E-state index contributed by atoms with van der Waals surface area (Å²) in [5, 5.41) is 0. The second-order valence-electron chi connectivity index (χ2n) is 5.40. The summed E-state index contributed by atoms with van der Waals surface area (Å²) in [4.78, 5) is 0. The first kappa shape index (κ1) is 18.0. The normalized spacial score (nSPS) is 12.7. The molecule has 24 heavy (non-hydrogen) atoms. The molecule has 0 heterocycles. The highest BCUT2D eigenvalue weighted by Crippen LogP contribution is 2.35. The van der Waals surface area contributed by atoms with Crippen molar-refractivity contribution >= 4 is 0 Å². The molecule has 0 aliphatic heterocycles. The maximum absolute atomic E-state index is 13.3. The first-order chi connectivity index (χ1) is 11.4. The monoisotopic (exact) mass is 335 g/mol. The summed E-state index contributed by atoms with van der Waals surface area (Å²) in [6.07, 6.45) is -3.02. The van der Waals surface area contributed by atoms with Crippen molar-refractivity contribution in [1.82, 2.24) is 10.9 Å². The van der Waals surface area contributed by atoms with Crippen molar-refractivity contribution in [3.05, 3.63) is 83.1 Å². The predicted octanol–water partition coefficient (Wildman–Crippen LogP) is 3.80. The molecule has 1 unspecified atom stereocenters. The minimum Gasteiger partial charge on any atom is -0.328 e. The molecule has 1 atom stereocenters. The maximum Gasteiger partial charge on any atom is 0.416 e. The van der Waals surface area contributed by atoms with E-state index in [1.807, 2.05) is 31.2 Å². The molecular formula is C18H20F3N3. The van der Waals surface area contributed by atoms with Gasteiger partial charge in [-0.25, -0.2) is 5.43 Å². The Morgan fingerprint density at radius 3 is 2.50 bits per heavy atom. The third kappa shape index (κ3) is 3.96. The number of benzene rings is 2. The van der Waals surface area contributed by atoms with Crippen LogP contribution in [0.15, 0.2) is 55.2 Å². The lowest BCUT2D eigenvalue weighted by Crippen LogP contribution is -2.32. The van der Waals surface area contributed by atoms with Crippen molar-refractivity contribution < 1.29 is 13.2 Å². The number of halogens is 3. The van der Waals surface area contributed by atoms with Gasteiger partial charge < -0.3 is 11.2 Å². The van der Waals surface area contributed by atoms with Crippen molar-refractivity contribution in [1.29, 1.82) is 0 Å². The molecule has 128 valence electrons. The molecule has 0 saturated heterocycles. The van der Waals surface area contributed by atoms with Gasteiger partial charge in [0, 0.05) is 12.7 Å². The van der Waals surface area contributed by atoms with Crippen LogP contribution in [0.1, 0.15) is 33.9 Å². The summed E-state index contributed by atoms with van der Waals surface area (Å²) in [6.45, 7) is 5.31. The second-order valence-corrected chi connectivity index (χ2v) is 5.40. The highest BCUT2D eigenvalue weighted by molar-refractivity contribution is 5.41. The zero-order chi connectivity index (χ0) is 17.7. The molecule has 2 rings (SSSR count). The lowest BCUT2D eigenvalue weighted by molar-refractivity contribution is -0.138. The summed E-state index contributed by atoms with van der Waals surface area (Å²) in [6, 6.07) is 11.3. The average molecular weight is 335 g/mol. The van der Waals surface area contributed by atoms with Gasteiger partial charge in [-0.1, -0.05) is 43.0 Å². The first-order valence-electron chi connectivity index (χ1n) is 7.46. The number of nitrogens with one attached hydrogen (secondary N) is 2. The molecule has 0 radical (unpaired) electrons. The van der Waals surface area contributed by atoms with Gasteiger partial charge in [0.1, 0.15) is 0 Å². The number of hydrogen-bond acceptors (Lipinski definition) is 3. The van der Waals surface area contributed by atoms with Crippen LogP contribution < -0.4 is 16.6 Å². The van der Waals surface area contributed by atoms with E-state index in [0.29, 0.717) is 5.56 Å². The van der Waals surface area contributed by atoms with Gasteiger partial charge in [0.15, 0.2) is 0 Å². The number of alkyl halides is 3. The molecule has 0 aliphatic rings. The van der Waals surface area contributed by atoms with Crippen molar-refractivity contribution in [2.24, 2.45) is 5.73 Å². The van der Waals surface area contributed by atoms with Crippen molar-refractivity contribution in [3.8, 4) is 0 Å². The Morgan fingerprint density at radius 2 is 1.92 bits per heavy atom. The lowest BCUT2D eigenvalue weighted by Gasteiger charge is -2.23. The Balaban J connectivity index is 2.54. The summed E-state index contributed by atoms with van der Waals surface area (Å²) >= 11 is 0. The summed E-state index contributed by atoms with van der Waals surface area (Å²) in [5.74, 6) is 0. The van der Waals surface area contributed by atoms with E-state index in [4.69, 9.17) is 5.73 Å². The van der Waals surface area contributed by atoms with Gasteiger partial charge in [0.05, 0.1) is 11.6 Å². The predicted molar refractivity (Wildman–Crippen MR) is 88.8 cm³/mol. The van der Waals surface area contributed by atoms with E-state index in [9.17, 15) is 13.2 Å². The minimum absolute atomic E-state index is 0.0754. The van der Waals surface area contributed by atoms with E-state index < -0.39 is 17.8 Å². The fourth-order valence-electron chi connectivity index (χ4n) is 2.61. The first-order valence-corrected chi connectivity index (χ1v) is 7.46. The van der Waals surface area contributed by atoms with Crippen LogP contribution >= 0.6 is 0 Å². The van der Waals surface area contributed by atoms with Crippen molar-refractivity contribution in [3.63, 3.8) is 0 Å². The smallest absolute Gasteiger partial charge is 0.328 e. The van der Waals surface area contributed by atoms with Gasteiger partial charge in [0.2, 0.25) is 0 Å². The van der Waals surface area contributed by atoms with Crippen LogP contribution in [-0.2, 0) is 12.7 Å². The van der Waals surface area contributed by atoms with E-state index in [0.717, 1.165) is 17.2 Å². The van der Waals surface area contributed by atoms with E-state index in [1.165, 1.54) is 12.3 Å². The molecule has 6 heteroatoms. The number of aryl methyl sites for hydroxylation is 1. The van der Waals surface area contributed by atoms with Crippen LogP contribution in [0.2, 0.25) is 0 Å². The largest absolute Gasteiger partial charge is 0.416 e. The number of hydrogen-bond donors (Lipinski definition) is 3. The third-order valence-corrected chi connectivity index (χ3v) is 3.82. The molecule has 4 N–H and O–H groups in total. The third-order valence-electron chi connectivity index (χ3n) is 3.82. The van der Waals surface area contributed by atoms with Crippen LogP contribution in [0.3, 0.4) is 0 Å². The van der Waals surface area contributed by atoms with E-state index in [-0.39, 0.29) is 12.1 Å². The quantitative estimate of drug-likeness (QED) is 0.704. The van der Waals surface area contributed by atoms with Crippen LogP contribution in [0.5, 0.6) is 0 Å². The topological polar surface area (TPSA) is 50.1 Å². The Bertz CT molecular complexity index is 711. The number of rotatable bonds is 6. The maximum atomic E-state index is 13.3. The van der Waals surface area contributed by atoms with Crippen molar-refractivity contribution in [2.45, 2.75) is 25.7 Å². The molecule has 2 aromatic carbocycles. The second kappa shape index (κ2) is 7.51. The number of hydrazine groups is 1. The summed E-state index contributed by atoms with van der Waals surface area (Å²) in [5.41, 5.74) is 12.9. The van der Waals surface area contributed by atoms with E-state index in [1.54, 1.807) is 6.07 Å². The zero-order valence-electron chi connectivity index (χ0n) is 13.3. The fourth-order valence-corrected chi connectivity index (χ4v) is 2.61. The average Bonchev–Trinajstić information content (AvgIpc) is 2.55. The fraction of sp³-hybridized carbons (Fsp3) is 0.222. The number of nitrogens with two attached hydrogens (primary N) is 1. The van der Waals surface area contributed by atoms with Gasteiger partial charge in [0.25, 0.3) is 0 Å². The van der Waals surface area contributed by atoms with E-state index >= 15 is 0 Å². The molecule has 0 amide bonds. The standard InChI is InChI=1S/C18H20F3N3/c1-3-23-24-17(15-7-5-4-6-12(15)2)13-8-9-14(11-22)16(10-13)18(19,20)21/h3-10,17,23-24H,1,11,22H2,2H3. The van der Waals surface area contributed by atoms with Crippen LogP contribution in [-0.4, -0.2) is 0 Å². The van der Waals surface area contributed by atoms with Gasteiger partial charge in [-0.2, -0.15) is 13.2 Å². The highest BCUT2D eigenvalue weighted by atomic mass is 19.4. The van der Waals surface area contributed by atoms with E-state index in [2.05, 4.69) is 17.4 Å². The molecule has 0 aliphatic carbocycles. The van der Waals surface area contributed by atoms with Crippen LogP contribution in [0.4, 0.5) is 13.2 Å². The molecule has 0 spiro atoms. The van der Waals surface area contributed by atoms with Gasteiger partial charge in [-0.15, -0.1) is 0 Å². The molecule has 2 aromatic rings. The molecular weight excluding hydrogens is 315 g/mol. The van der Waals surface area contributed by atoms with Gasteiger partial charge >= 0.3 is 6.18 Å². The summed E-state index contributed by atoms with van der Waals surface area (Å²) < 4.78 is 39.9. The summed E-state index contributed by atoms with van der Waals surface area (Å²) in [7, 11) is 0. The lowest BCUT2D eigenvalue weighted by atomic mass is 9.92. The Labute approximate surface area is 139 Å². The Morgan fingerprint density at radius 1 is 1.21 bits per heavy atom. The van der Waals surface area contributed by atoms with Crippen LogP contribution in [0, 0.1) is 6.92 Å². The molecule has 3 nitrogen and oxygen atoms in total. The minimum atomic E-state index is -4.45. The highest BCUT2D eigenvalue weighted by Gasteiger charge is 2.34. The SMILES string of the molecule is C=CNNC(c1ccc(CN)c(C(F)(F)F)c1)c1ccccc1C. The molecule has 0 aromatic heterocycles.